The molecule has 0 saturated heterocycles. The van der Waals surface area contributed by atoms with Crippen molar-refractivity contribution >= 4 is 28.5 Å². The fourth-order valence-electron chi connectivity index (χ4n) is 1.19. The largest absolute Gasteiger partial charge is 0.301 e. The molecule has 8 heteroatoms. The smallest absolute Gasteiger partial charge is 0.288 e. The lowest BCUT2D eigenvalue weighted by molar-refractivity contribution is -0.385. The number of H-pyrrole nitrogens is 1. The zero-order chi connectivity index (χ0) is 11.7. The maximum Gasteiger partial charge on any atom is 0.288 e. The third-order valence-electron chi connectivity index (χ3n) is 1.93. The first-order valence-electron chi connectivity index (χ1n) is 4.20. The van der Waals surface area contributed by atoms with Gasteiger partial charge in [-0.2, -0.15) is 0 Å². The Morgan fingerprint density at radius 3 is 2.94 bits per heavy atom. The van der Waals surface area contributed by atoms with Gasteiger partial charge in [0.05, 0.1) is 10.3 Å². The van der Waals surface area contributed by atoms with Gasteiger partial charge in [0.2, 0.25) is 0 Å². The molecule has 0 saturated carbocycles. The normalized spacial score (nSPS) is 10.6. The number of fused-ring (bicyclic) bond motifs is 1. The third-order valence-corrected chi connectivity index (χ3v) is 2.51. The van der Waals surface area contributed by atoms with Crippen LogP contribution in [0.25, 0.3) is 11.0 Å². The van der Waals surface area contributed by atoms with E-state index in [1.54, 1.807) is 6.26 Å². The minimum absolute atomic E-state index is 0.118. The van der Waals surface area contributed by atoms with Crippen molar-refractivity contribution in [1.82, 2.24) is 15.0 Å². The summed E-state index contributed by atoms with van der Waals surface area (Å²) in [6.07, 6.45) is 2.84. The molecule has 82 valence electrons. The van der Waals surface area contributed by atoms with Crippen LogP contribution >= 0.6 is 11.8 Å². The molecule has 16 heavy (non-hydrogen) atoms. The van der Waals surface area contributed by atoms with Crippen molar-refractivity contribution in [2.75, 3.05) is 6.26 Å². The van der Waals surface area contributed by atoms with E-state index in [4.69, 9.17) is 0 Å². The molecule has 0 aromatic carbocycles. The molecule has 0 radical (unpaired) electrons. The van der Waals surface area contributed by atoms with Crippen LogP contribution in [0.15, 0.2) is 22.2 Å². The summed E-state index contributed by atoms with van der Waals surface area (Å²) < 4.78 is 0. The quantitative estimate of drug-likeness (QED) is 0.361. The second-order valence-electron chi connectivity index (χ2n) is 2.90. The first kappa shape index (κ1) is 10.6. The van der Waals surface area contributed by atoms with Crippen LogP contribution in [-0.4, -0.2) is 26.1 Å². The fourth-order valence-corrected chi connectivity index (χ4v) is 1.56. The molecular formula is C8H6N4O3S. The lowest BCUT2D eigenvalue weighted by atomic mass is 10.3. The van der Waals surface area contributed by atoms with Crippen LogP contribution in [0.5, 0.6) is 0 Å². The zero-order valence-electron chi connectivity index (χ0n) is 8.13. The number of thioether (sulfide) groups is 1. The van der Waals surface area contributed by atoms with E-state index < -0.39 is 10.5 Å². The van der Waals surface area contributed by atoms with Crippen LogP contribution in [0, 0.1) is 10.1 Å². The Balaban J connectivity index is 2.75. The van der Waals surface area contributed by atoms with E-state index in [0.717, 1.165) is 12.3 Å². The molecule has 0 aliphatic heterocycles. The van der Waals surface area contributed by atoms with Crippen LogP contribution in [0.4, 0.5) is 5.69 Å². The van der Waals surface area contributed by atoms with Crippen molar-refractivity contribution in [3.63, 3.8) is 0 Å². The number of hydrogen-bond acceptors (Lipinski definition) is 6. The van der Waals surface area contributed by atoms with Crippen molar-refractivity contribution in [2.45, 2.75) is 5.16 Å². The predicted molar refractivity (Wildman–Crippen MR) is 58.6 cm³/mol. The fraction of sp³-hybridized carbons (Fsp3) is 0.125. The Bertz CT molecular complexity index is 624. The average Bonchev–Trinajstić information content (AvgIpc) is 2.28. The molecule has 0 atom stereocenters. The number of hydrogen-bond donors (Lipinski definition) is 1. The predicted octanol–water partition coefficient (Wildman–Crippen LogP) is 0.948. The maximum absolute atomic E-state index is 11.6. The second-order valence-corrected chi connectivity index (χ2v) is 3.69. The van der Waals surface area contributed by atoms with E-state index in [1.807, 2.05) is 0 Å². The first-order valence-corrected chi connectivity index (χ1v) is 5.43. The van der Waals surface area contributed by atoms with Gasteiger partial charge in [0.15, 0.2) is 10.8 Å². The number of nitrogens with zero attached hydrogens (tertiary/aromatic N) is 3. The van der Waals surface area contributed by atoms with Gasteiger partial charge >= 0.3 is 0 Å². The molecule has 0 aliphatic carbocycles. The maximum atomic E-state index is 11.6. The average molecular weight is 238 g/mol. The summed E-state index contributed by atoms with van der Waals surface area (Å²) in [6, 6.07) is 1.16. The van der Waals surface area contributed by atoms with Crippen LogP contribution < -0.4 is 5.56 Å². The second kappa shape index (κ2) is 3.89. The summed E-state index contributed by atoms with van der Waals surface area (Å²) >= 11 is 1.27. The zero-order valence-corrected chi connectivity index (χ0v) is 8.95. The molecule has 2 aromatic heterocycles. The Kier molecular flexibility index (Phi) is 2.57. The molecule has 0 spiro atoms. The van der Waals surface area contributed by atoms with E-state index in [9.17, 15) is 14.9 Å². The highest BCUT2D eigenvalue weighted by Crippen LogP contribution is 2.15. The van der Waals surface area contributed by atoms with Gasteiger partial charge in [-0.3, -0.25) is 14.9 Å². The standard InChI is InChI=1S/C8H6N4O3S/c1-16-8-10-6-5(7(13)11-8)2-4(3-9-6)12(14)15/h2-3H,1H3,(H,9,10,11,13). The van der Waals surface area contributed by atoms with E-state index in [2.05, 4.69) is 15.0 Å². The lowest BCUT2D eigenvalue weighted by Crippen LogP contribution is -2.10. The van der Waals surface area contributed by atoms with Crippen LogP contribution in [-0.2, 0) is 0 Å². The van der Waals surface area contributed by atoms with Gasteiger partial charge in [-0.15, -0.1) is 0 Å². The Hall–Kier alpha value is -1.96. The van der Waals surface area contributed by atoms with Crippen molar-refractivity contribution < 1.29 is 4.92 Å². The van der Waals surface area contributed by atoms with Gasteiger partial charge < -0.3 is 4.98 Å². The summed E-state index contributed by atoms with van der Waals surface area (Å²) in [6.45, 7) is 0. The van der Waals surface area contributed by atoms with Crippen LogP contribution in [0.3, 0.4) is 0 Å². The molecular weight excluding hydrogens is 232 g/mol. The van der Waals surface area contributed by atoms with Crippen molar-refractivity contribution in [3.8, 4) is 0 Å². The SMILES string of the molecule is CSc1nc2ncc([N+](=O)[O-])cc2c(=O)[nH]1. The topological polar surface area (TPSA) is 102 Å². The number of aromatic nitrogens is 3. The molecule has 0 bridgehead atoms. The van der Waals surface area contributed by atoms with E-state index in [1.165, 1.54) is 11.8 Å². The van der Waals surface area contributed by atoms with E-state index in [-0.39, 0.29) is 16.7 Å². The van der Waals surface area contributed by atoms with Crippen LogP contribution in [0.2, 0.25) is 0 Å². The van der Waals surface area contributed by atoms with Crippen molar-refractivity contribution in [3.05, 3.63) is 32.7 Å². The number of nitro groups is 1. The highest BCUT2D eigenvalue weighted by molar-refractivity contribution is 7.98. The first-order chi connectivity index (χ1) is 7.61. The van der Waals surface area contributed by atoms with Gasteiger partial charge in [-0.05, 0) is 6.26 Å². The van der Waals surface area contributed by atoms with E-state index >= 15 is 0 Å². The molecule has 2 heterocycles. The molecule has 0 amide bonds. The van der Waals surface area contributed by atoms with Gasteiger partial charge in [-0.25, -0.2) is 9.97 Å². The Morgan fingerprint density at radius 2 is 2.31 bits per heavy atom. The summed E-state index contributed by atoms with van der Waals surface area (Å²) in [4.78, 5) is 31.8. The van der Waals surface area contributed by atoms with Crippen molar-refractivity contribution in [2.24, 2.45) is 0 Å². The molecule has 2 rings (SSSR count). The van der Waals surface area contributed by atoms with Crippen LogP contribution in [0.1, 0.15) is 0 Å². The summed E-state index contributed by atoms with van der Waals surface area (Å²) in [5.74, 6) is 0. The molecule has 0 unspecified atom stereocenters. The Morgan fingerprint density at radius 1 is 1.56 bits per heavy atom. The van der Waals surface area contributed by atoms with Gasteiger partial charge in [0, 0.05) is 6.07 Å². The summed E-state index contributed by atoms with van der Waals surface area (Å²) in [7, 11) is 0. The van der Waals surface area contributed by atoms with Gasteiger partial charge in [0.25, 0.3) is 11.2 Å². The number of aromatic amines is 1. The van der Waals surface area contributed by atoms with E-state index in [0.29, 0.717) is 5.16 Å². The highest BCUT2D eigenvalue weighted by atomic mass is 32.2. The minimum atomic E-state index is -0.603. The van der Waals surface area contributed by atoms with Crippen molar-refractivity contribution in [1.29, 1.82) is 0 Å². The number of pyridine rings is 1. The van der Waals surface area contributed by atoms with Gasteiger partial charge in [0.1, 0.15) is 6.20 Å². The molecule has 1 N–H and O–H groups in total. The monoisotopic (exact) mass is 238 g/mol. The molecule has 0 aliphatic rings. The molecule has 7 nitrogen and oxygen atoms in total. The third kappa shape index (κ3) is 1.74. The summed E-state index contributed by atoms with van der Waals surface area (Å²) in [5.41, 5.74) is -0.444. The highest BCUT2D eigenvalue weighted by Gasteiger charge is 2.11. The minimum Gasteiger partial charge on any atom is -0.301 e. The lowest BCUT2D eigenvalue weighted by Gasteiger charge is -1.98. The number of rotatable bonds is 2. The number of nitrogens with one attached hydrogen (secondary N) is 1. The summed E-state index contributed by atoms with van der Waals surface area (Å²) in [5, 5.41) is 11.1. The van der Waals surface area contributed by atoms with Gasteiger partial charge in [-0.1, -0.05) is 11.8 Å². The Labute approximate surface area is 93.1 Å². The molecule has 2 aromatic rings. The molecule has 0 fully saturated rings.